The van der Waals surface area contributed by atoms with E-state index in [1.165, 1.54) is 4.67 Å². The Kier molecular flexibility index (Phi) is 6.06. The van der Waals surface area contributed by atoms with Gasteiger partial charge in [-0.25, -0.2) is 23.9 Å². The van der Waals surface area contributed by atoms with Crippen LogP contribution < -0.4 is 17.2 Å². The third-order valence-electron chi connectivity index (χ3n) is 5.63. The number of primary amides is 1. The Hall–Kier alpha value is -2.39. The topological polar surface area (TPSA) is 221 Å². The van der Waals surface area contributed by atoms with Crippen molar-refractivity contribution in [3.05, 3.63) is 16.8 Å². The lowest BCUT2D eigenvalue weighted by Crippen LogP contribution is -2.40. The number of carbonyl (C=O) groups excluding carboxylic acids is 1. The molecule has 7 N–H and O–H groups in total. The van der Waals surface area contributed by atoms with Crippen LogP contribution in [0.2, 0.25) is 0 Å². The van der Waals surface area contributed by atoms with E-state index < -0.39 is 56.5 Å². The van der Waals surface area contributed by atoms with Crippen LogP contribution in [0.4, 0.5) is 5.82 Å². The maximum atomic E-state index is 13.2. The van der Waals surface area contributed by atoms with E-state index in [0.717, 1.165) is 18.0 Å². The Bertz CT molecular complexity index is 1120. The predicted octanol–water partition coefficient (Wildman–Crippen LogP) is -1.96. The number of nitrogens with zero attached hydrogens (tertiary/aromatic N) is 4. The van der Waals surface area contributed by atoms with E-state index >= 15 is 0 Å². The summed E-state index contributed by atoms with van der Waals surface area (Å²) in [6.45, 7) is -0.194. The van der Waals surface area contributed by atoms with Crippen LogP contribution in [0, 0.1) is 0 Å². The molecule has 1 amide bonds. The molecule has 0 radical (unpaired) electrons. The zero-order valence-electron chi connectivity index (χ0n) is 17.0. The molecule has 0 aliphatic carbocycles. The van der Waals surface area contributed by atoms with Gasteiger partial charge in [0.25, 0.3) is 0 Å². The molecule has 4 heterocycles. The van der Waals surface area contributed by atoms with Crippen molar-refractivity contribution in [3.8, 4) is 0 Å². The molecule has 0 spiro atoms. The molecule has 32 heavy (non-hydrogen) atoms. The molecule has 6 atom stereocenters. The zero-order valence-corrected chi connectivity index (χ0v) is 17.9. The monoisotopic (exact) mass is 473 g/mol. The van der Waals surface area contributed by atoms with E-state index in [9.17, 15) is 24.4 Å². The van der Waals surface area contributed by atoms with Crippen LogP contribution in [0.25, 0.3) is 11.2 Å². The van der Waals surface area contributed by atoms with Gasteiger partial charge in [0.2, 0.25) is 5.91 Å². The minimum Gasteiger partial charge on any atom is -0.387 e. The lowest BCUT2D eigenvalue weighted by Gasteiger charge is -2.29. The Balaban J connectivity index is 1.54. The second-order valence-corrected chi connectivity index (χ2v) is 9.55. The van der Waals surface area contributed by atoms with Gasteiger partial charge in [-0.2, -0.15) is 4.67 Å². The lowest BCUT2D eigenvalue weighted by atomic mass is 10.1. The Morgan fingerprint density at radius 1 is 1.41 bits per heavy atom. The summed E-state index contributed by atoms with van der Waals surface area (Å²) >= 11 is 0. The van der Waals surface area contributed by atoms with E-state index in [1.807, 2.05) is 0 Å². The molecule has 2 aromatic heterocycles. The molecular formula is C16H24N7O8P. The highest BCUT2D eigenvalue weighted by atomic mass is 31.2. The fourth-order valence-corrected chi connectivity index (χ4v) is 5.76. The van der Waals surface area contributed by atoms with Gasteiger partial charge >= 0.3 is 13.4 Å². The van der Waals surface area contributed by atoms with Crippen LogP contribution in [0.3, 0.4) is 0 Å². The predicted molar refractivity (Wildman–Crippen MR) is 108 cm³/mol. The number of aromatic nitrogens is 4. The minimum atomic E-state index is -3.94. The largest absolute Gasteiger partial charge is 0.408 e. The normalized spacial score (nSPS) is 30.7. The Labute approximate surface area is 180 Å². The number of H-pyrrole nitrogens is 1. The quantitative estimate of drug-likeness (QED) is 0.277. The van der Waals surface area contributed by atoms with E-state index in [1.54, 1.807) is 0 Å². The maximum Gasteiger partial charge on any atom is 0.408 e. The number of aliphatic hydroxyl groups excluding tert-OH is 2. The van der Waals surface area contributed by atoms with Crippen LogP contribution in [0.5, 0.6) is 0 Å². The second kappa shape index (κ2) is 8.51. The average molecular weight is 473 g/mol. The third-order valence-corrected chi connectivity index (χ3v) is 7.67. The second-order valence-electron chi connectivity index (χ2n) is 7.47. The maximum absolute atomic E-state index is 13.2. The number of amides is 1. The van der Waals surface area contributed by atoms with Crippen molar-refractivity contribution in [1.82, 2.24) is 24.2 Å². The van der Waals surface area contributed by atoms with Crippen LogP contribution in [0.15, 0.2) is 11.1 Å². The highest BCUT2D eigenvalue weighted by Gasteiger charge is 2.48. The highest BCUT2D eigenvalue weighted by molar-refractivity contribution is 7.51. The average Bonchev–Trinajstić information content (AvgIpc) is 3.45. The molecule has 0 aromatic carbocycles. The number of hydrogen-bond donors (Lipinski definition) is 5. The number of nitrogens with two attached hydrogens (primary N) is 2. The highest BCUT2D eigenvalue weighted by Crippen LogP contribution is 2.55. The number of anilines is 1. The van der Waals surface area contributed by atoms with Crippen LogP contribution in [-0.4, -0.2) is 84.9 Å². The molecule has 176 valence electrons. The van der Waals surface area contributed by atoms with Gasteiger partial charge < -0.3 is 31.4 Å². The fourth-order valence-electron chi connectivity index (χ4n) is 4.00. The van der Waals surface area contributed by atoms with E-state index in [0.29, 0.717) is 12.8 Å². The Morgan fingerprint density at radius 3 is 2.84 bits per heavy atom. The number of aliphatic hydroxyl groups is 2. The van der Waals surface area contributed by atoms with Crippen molar-refractivity contribution in [3.63, 3.8) is 0 Å². The number of rotatable bonds is 7. The van der Waals surface area contributed by atoms with Gasteiger partial charge in [0.15, 0.2) is 17.7 Å². The van der Waals surface area contributed by atoms with Gasteiger partial charge in [0.1, 0.15) is 30.2 Å². The van der Waals surface area contributed by atoms with Crippen molar-refractivity contribution in [2.75, 3.05) is 26.0 Å². The molecule has 2 aliphatic rings. The fraction of sp³-hybridized carbons (Fsp3) is 0.625. The number of nitrogen functional groups attached to an aromatic ring is 1. The first-order chi connectivity index (χ1) is 15.2. The molecule has 0 bridgehead atoms. The molecule has 16 heteroatoms. The van der Waals surface area contributed by atoms with Crippen LogP contribution in [0.1, 0.15) is 19.1 Å². The summed E-state index contributed by atoms with van der Waals surface area (Å²) in [5, 5.41) is 21.0. The molecular weight excluding hydrogens is 449 g/mol. The van der Waals surface area contributed by atoms with Crippen molar-refractivity contribution >= 4 is 30.6 Å². The summed E-state index contributed by atoms with van der Waals surface area (Å²) < 4.78 is 31.7. The van der Waals surface area contributed by atoms with Crippen LogP contribution >= 0.6 is 7.75 Å². The zero-order chi connectivity index (χ0) is 23.2. The minimum absolute atomic E-state index is 0.0226. The third kappa shape index (κ3) is 3.71. The first kappa shape index (κ1) is 22.8. The summed E-state index contributed by atoms with van der Waals surface area (Å²) in [5.41, 5.74) is 10.7. The van der Waals surface area contributed by atoms with Crippen molar-refractivity contribution in [2.45, 2.75) is 43.4 Å². The summed E-state index contributed by atoms with van der Waals surface area (Å²) in [6.07, 6.45) is -3.42. The number of nitrogens with one attached hydrogen (secondary N) is 1. The van der Waals surface area contributed by atoms with E-state index in [2.05, 4.69) is 15.0 Å². The molecule has 2 aliphatic heterocycles. The van der Waals surface area contributed by atoms with Crippen LogP contribution in [-0.2, 0) is 23.1 Å². The summed E-state index contributed by atoms with van der Waals surface area (Å²) in [6, 6.07) is -0.816. The molecule has 2 aromatic rings. The molecule has 2 saturated heterocycles. The smallest absolute Gasteiger partial charge is 0.387 e. The Morgan fingerprint density at radius 2 is 2.16 bits per heavy atom. The van der Waals surface area contributed by atoms with Crippen molar-refractivity contribution in [1.29, 1.82) is 0 Å². The van der Waals surface area contributed by atoms with Gasteiger partial charge in [0, 0.05) is 13.7 Å². The number of imidazole rings is 1. The standard InChI is InChI=1S/C16H24N7O8P/c1-29-32(28,22-4-2-3-7(22)13(18)26)30-5-8-10(24)11(25)15(31-8)23-14-9(21-16(23)27)12(17)19-6-20-14/h6-8,10-11,15,24-25H,2-5H2,1H3,(H2,18,26)(H,21,27)(H2,17,19,20)/t7?,8-,10-,11-,15-,32?/m1/s1. The molecule has 15 nitrogen and oxygen atoms in total. The number of ether oxygens (including phenoxy) is 1. The first-order valence-corrected chi connectivity index (χ1v) is 11.3. The summed E-state index contributed by atoms with van der Waals surface area (Å²) in [5.74, 6) is -0.634. The first-order valence-electron chi connectivity index (χ1n) is 9.77. The van der Waals surface area contributed by atoms with Crippen molar-refractivity contribution < 1.29 is 33.4 Å². The van der Waals surface area contributed by atoms with Crippen molar-refractivity contribution in [2.24, 2.45) is 5.73 Å². The molecule has 0 saturated carbocycles. The van der Waals surface area contributed by atoms with Gasteiger partial charge in [-0.05, 0) is 12.8 Å². The summed E-state index contributed by atoms with van der Waals surface area (Å²) in [7, 11) is -2.78. The lowest BCUT2D eigenvalue weighted by molar-refractivity contribution is -0.121. The molecule has 2 fully saturated rings. The molecule has 2 unspecified atom stereocenters. The SMILES string of the molecule is COP(=O)(OC[C@H]1O[C@@H](n2c(=O)[nH]c3c(N)ncnc32)[C@H](O)[C@@H]1O)N1CCCC1C(N)=O. The van der Waals surface area contributed by atoms with Gasteiger partial charge in [-0.1, -0.05) is 0 Å². The van der Waals surface area contributed by atoms with E-state index in [4.69, 9.17) is 25.3 Å². The summed E-state index contributed by atoms with van der Waals surface area (Å²) in [4.78, 5) is 34.4. The number of carbonyl (C=O) groups is 1. The van der Waals surface area contributed by atoms with Gasteiger partial charge in [0.05, 0.1) is 12.6 Å². The van der Waals surface area contributed by atoms with Gasteiger partial charge in [-0.3, -0.25) is 13.8 Å². The number of aromatic amines is 1. The van der Waals surface area contributed by atoms with Gasteiger partial charge in [-0.15, -0.1) is 0 Å². The number of fused-ring (bicyclic) bond motifs is 1. The number of hydrogen-bond acceptors (Lipinski definition) is 11. The molecule has 4 rings (SSSR count). The van der Waals surface area contributed by atoms with E-state index in [-0.39, 0.29) is 23.5 Å².